The van der Waals surface area contributed by atoms with Gasteiger partial charge in [0, 0.05) is 11.3 Å². The maximum atomic E-state index is 13.7. The molecule has 0 spiro atoms. The zero-order chi connectivity index (χ0) is 12.5. The number of rotatable bonds is 2. The zero-order valence-electron chi connectivity index (χ0n) is 9.68. The van der Waals surface area contributed by atoms with Gasteiger partial charge in [-0.3, -0.25) is 0 Å². The predicted octanol–water partition coefficient (Wildman–Crippen LogP) is 2.81. The molecule has 0 amide bonds. The monoisotopic (exact) mass is 241 g/mol. The van der Waals surface area contributed by atoms with Gasteiger partial charge in [0.25, 0.3) is 0 Å². The third kappa shape index (κ3) is 1.82. The van der Waals surface area contributed by atoms with Crippen LogP contribution in [0.25, 0.3) is 11.0 Å². The maximum Gasteiger partial charge on any atom is 0.130 e. The molecule has 3 rings (SSSR count). The van der Waals surface area contributed by atoms with Crippen LogP contribution < -0.4 is 5.73 Å². The number of para-hydroxylation sites is 2. The second-order valence-corrected chi connectivity index (χ2v) is 4.21. The van der Waals surface area contributed by atoms with Gasteiger partial charge in [-0.15, -0.1) is 0 Å². The Morgan fingerprint density at radius 1 is 1.17 bits per heavy atom. The fourth-order valence-corrected chi connectivity index (χ4v) is 2.01. The van der Waals surface area contributed by atoms with Crippen LogP contribution in [0.15, 0.2) is 48.8 Å². The smallest absolute Gasteiger partial charge is 0.130 e. The average Bonchev–Trinajstić information content (AvgIpc) is 2.76. The van der Waals surface area contributed by atoms with E-state index in [1.807, 2.05) is 28.8 Å². The fourth-order valence-electron chi connectivity index (χ4n) is 2.01. The lowest BCUT2D eigenvalue weighted by Crippen LogP contribution is -2.01. The Bertz CT molecular complexity index is 703. The first-order valence-corrected chi connectivity index (χ1v) is 5.68. The molecular formula is C14H12FN3. The number of nitrogen functional groups attached to an aromatic ring is 1. The molecule has 0 fully saturated rings. The average molecular weight is 241 g/mol. The molecule has 0 bridgehead atoms. The minimum absolute atomic E-state index is 0.284. The van der Waals surface area contributed by atoms with Crippen LogP contribution in [0.3, 0.4) is 0 Å². The van der Waals surface area contributed by atoms with Crippen LogP contribution in [-0.4, -0.2) is 9.55 Å². The lowest BCUT2D eigenvalue weighted by Gasteiger charge is -2.06. The highest BCUT2D eigenvalue weighted by molar-refractivity contribution is 5.75. The first-order valence-electron chi connectivity index (χ1n) is 5.68. The summed E-state index contributed by atoms with van der Waals surface area (Å²) in [5.74, 6) is -0.284. The number of nitrogens with zero attached hydrogens (tertiary/aromatic N) is 2. The number of imidazole rings is 1. The predicted molar refractivity (Wildman–Crippen MR) is 69.6 cm³/mol. The van der Waals surface area contributed by atoms with Crippen LogP contribution in [0.4, 0.5) is 10.1 Å². The molecule has 3 nitrogen and oxygen atoms in total. The normalized spacial score (nSPS) is 10.9. The van der Waals surface area contributed by atoms with E-state index in [1.165, 1.54) is 6.07 Å². The summed E-state index contributed by atoms with van der Waals surface area (Å²) in [5.41, 5.74) is 8.48. The first-order chi connectivity index (χ1) is 8.74. The number of aromatic nitrogens is 2. The Kier molecular flexibility index (Phi) is 2.48. The molecule has 90 valence electrons. The van der Waals surface area contributed by atoms with Crippen LogP contribution in [-0.2, 0) is 6.54 Å². The minimum atomic E-state index is -0.284. The molecule has 0 radical (unpaired) electrons. The van der Waals surface area contributed by atoms with Crippen molar-refractivity contribution in [2.24, 2.45) is 0 Å². The molecule has 4 heteroatoms. The molecule has 1 aromatic heterocycles. The van der Waals surface area contributed by atoms with Gasteiger partial charge in [-0.05, 0) is 24.3 Å². The van der Waals surface area contributed by atoms with Gasteiger partial charge in [0.15, 0.2) is 0 Å². The molecular weight excluding hydrogens is 229 g/mol. The number of fused-ring (bicyclic) bond motifs is 1. The SMILES string of the molecule is Nc1ccc(Cn2cnc3ccccc32)c(F)c1. The Labute approximate surface area is 104 Å². The van der Waals surface area contributed by atoms with E-state index >= 15 is 0 Å². The number of halogens is 1. The second kappa shape index (κ2) is 4.14. The quantitative estimate of drug-likeness (QED) is 0.701. The minimum Gasteiger partial charge on any atom is -0.399 e. The molecule has 0 aliphatic rings. The van der Waals surface area contributed by atoms with Gasteiger partial charge in [0.2, 0.25) is 0 Å². The number of anilines is 1. The summed E-state index contributed by atoms with van der Waals surface area (Å²) in [6.07, 6.45) is 1.72. The molecule has 0 saturated heterocycles. The van der Waals surface area contributed by atoms with E-state index in [0.29, 0.717) is 17.8 Å². The van der Waals surface area contributed by atoms with Gasteiger partial charge < -0.3 is 10.3 Å². The van der Waals surface area contributed by atoms with E-state index < -0.39 is 0 Å². The molecule has 2 aromatic carbocycles. The first kappa shape index (κ1) is 10.8. The lowest BCUT2D eigenvalue weighted by molar-refractivity contribution is 0.602. The summed E-state index contributed by atoms with van der Waals surface area (Å²) in [6.45, 7) is 0.451. The molecule has 0 saturated carbocycles. The molecule has 1 heterocycles. The number of hydrogen-bond donors (Lipinski definition) is 1. The Balaban J connectivity index is 2.01. The summed E-state index contributed by atoms with van der Waals surface area (Å²) < 4.78 is 15.6. The van der Waals surface area contributed by atoms with Crippen molar-refractivity contribution in [2.45, 2.75) is 6.54 Å². The van der Waals surface area contributed by atoms with Crippen molar-refractivity contribution in [3.05, 3.63) is 60.2 Å². The molecule has 0 aliphatic carbocycles. The van der Waals surface area contributed by atoms with Gasteiger partial charge in [-0.25, -0.2) is 9.37 Å². The maximum absolute atomic E-state index is 13.7. The van der Waals surface area contributed by atoms with E-state index in [0.717, 1.165) is 11.0 Å². The van der Waals surface area contributed by atoms with Crippen molar-refractivity contribution >= 4 is 16.7 Å². The summed E-state index contributed by atoms with van der Waals surface area (Å²) in [5, 5.41) is 0. The standard InChI is InChI=1S/C14H12FN3/c15-12-7-11(16)6-5-10(12)8-18-9-17-13-3-1-2-4-14(13)18/h1-7,9H,8,16H2. The van der Waals surface area contributed by atoms with Crippen LogP contribution in [0.2, 0.25) is 0 Å². The fraction of sp³-hybridized carbons (Fsp3) is 0.0714. The Morgan fingerprint density at radius 2 is 2.00 bits per heavy atom. The van der Waals surface area contributed by atoms with Crippen molar-refractivity contribution < 1.29 is 4.39 Å². The summed E-state index contributed by atoms with van der Waals surface area (Å²) in [4.78, 5) is 4.28. The number of nitrogens with two attached hydrogens (primary N) is 1. The van der Waals surface area contributed by atoms with Crippen molar-refractivity contribution in [1.82, 2.24) is 9.55 Å². The highest BCUT2D eigenvalue weighted by atomic mass is 19.1. The van der Waals surface area contributed by atoms with Crippen molar-refractivity contribution in [2.75, 3.05) is 5.73 Å². The van der Waals surface area contributed by atoms with Crippen molar-refractivity contribution in [3.63, 3.8) is 0 Å². The molecule has 3 aromatic rings. The summed E-state index contributed by atoms with van der Waals surface area (Å²) in [7, 11) is 0. The zero-order valence-corrected chi connectivity index (χ0v) is 9.68. The van der Waals surface area contributed by atoms with Crippen LogP contribution in [0.5, 0.6) is 0 Å². The second-order valence-electron chi connectivity index (χ2n) is 4.21. The van der Waals surface area contributed by atoms with E-state index in [9.17, 15) is 4.39 Å². The highest BCUT2D eigenvalue weighted by Crippen LogP contribution is 2.17. The third-order valence-corrected chi connectivity index (χ3v) is 2.95. The van der Waals surface area contributed by atoms with Crippen LogP contribution in [0.1, 0.15) is 5.56 Å². The van der Waals surface area contributed by atoms with E-state index in [1.54, 1.807) is 18.5 Å². The van der Waals surface area contributed by atoms with Crippen LogP contribution in [0, 0.1) is 5.82 Å². The summed E-state index contributed by atoms with van der Waals surface area (Å²) >= 11 is 0. The van der Waals surface area contributed by atoms with Crippen molar-refractivity contribution in [3.8, 4) is 0 Å². The van der Waals surface area contributed by atoms with Gasteiger partial charge in [0.1, 0.15) is 5.82 Å². The van der Waals surface area contributed by atoms with Gasteiger partial charge >= 0.3 is 0 Å². The molecule has 2 N–H and O–H groups in total. The third-order valence-electron chi connectivity index (χ3n) is 2.95. The summed E-state index contributed by atoms with van der Waals surface area (Å²) in [6, 6.07) is 12.5. The van der Waals surface area contributed by atoms with Gasteiger partial charge in [0.05, 0.1) is 23.9 Å². The highest BCUT2D eigenvalue weighted by Gasteiger charge is 2.06. The van der Waals surface area contributed by atoms with Crippen LogP contribution >= 0.6 is 0 Å². The van der Waals surface area contributed by atoms with Gasteiger partial charge in [-0.1, -0.05) is 18.2 Å². The molecule has 0 unspecified atom stereocenters. The topological polar surface area (TPSA) is 43.8 Å². The largest absolute Gasteiger partial charge is 0.399 e. The van der Waals surface area contributed by atoms with E-state index in [4.69, 9.17) is 5.73 Å². The number of benzene rings is 2. The Hall–Kier alpha value is -2.36. The molecule has 18 heavy (non-hydrogen) atoms. The van der Waals surface area contributed by atoms with E-state index in [2.05, 4.69) is 4.98 Å². The van der Waals surface area contributed by atoms with Crippen molar-refractivity contribution in [1.29, 1.82) is 0 Å². The van der Waals surface area contributed by atoms with E-state index in [-0.39, 0.29) is 5.82 Å². The lowest BCUT2D eigenvalue weighted by atomic mass is 10.2. The number of hydrogen-bond acceptors (Lipinski definition) is 2. The van der Waals surface area contributed by atoms with Gasteiger partial charge in [-0.2, -0.15) is 0 Å². The molecule has 0 atom stereocenters. The molecule has 0 aliphatic heterocycles. The Morgan fingerprint density at radius 3 is 2.83 bits per heavy atom.